The van der Waals surface area contributed by atoms with Gasteiger partial charge < -0.3 is 69.3 Å². The van der Waals surface area contributed by atoms with Crippen molar-refractivity contribution in [3.8, 4) is 5.75 Å². The molecule has 8 N–H and O–H groups in total. The van der Waals surface area contributed by atoms with Gasteiger partial charge >= 0.3 is 0 Å². The molecule has 0 amide bonds. The van der Waals surface area contributed by atoms with Gasteiger partial charge in [-0.15, -0.1) is 0 Å². The zero-order chi connectivity index (χ0) is 30.3. The highest BCUT2D eigenvalue weighted by Gasteiger charge is 2.54. The van der Waals surface area contributed by atoms with Gasteiger partial charge in [-0.2, -0.15) is 0 Å². The van der Waals surface area contributed by atoms with Crippen molar-refractivity contribution >= 4 is 11.4 Å². The van der Waals surface area contributed by atoms with Crippen molar-refractivity contribution in [2.75, 3.05) is 20.3 Å². The van der Waals surface area contributed by atoms with Gasteiger partial charge in [0.05, 0.1) is 43.2 Å². The summed E-state index contributed by atoms with van der Waals surface area (Å²) in [5, 5.41) is 81.9. The molecule has 3 aliphatic heterocycles. The molecule has 1 aliphatic carbocycles. The summed E-state index contributed by atoms with van der Waals surface area (Å²) in [5.74, 6) is -1.37. The summed E-state index contributed by atoms with van der Waals surface area (Å²) in [5.41, 5.74) is 0.705. The number of ketones is 1. The number of aromatic hydroxyl groups is 1. The molecule has 1 aromatic carbocycles. The predicted octanol–water partition coefficient (Wildman–Crippen LogP) is -3.25. The maximum atomic E-state index is 13.4. The van der Waals surface area contributed by atoms with Crippen LogP contribution in [0.3, 0.4) is 0 Å². The Hall–Kier alpha value is -2.25. The van der Waals surface area contributed by atoms with E-state index in [0.717, 1.165) is 0 Å². The fourth-order valence-electron chi connectivity index (χ4n) is 5.74. The van der Waals surface area contributed by atoms with Crippen LogP contribution < -0.4 is 0 Å². The third-order valence-corrected chi connectivity index (χ3v) is 8.17. The first-order chi connectivity index (χ1) is 20.0. The topological polar surface area (TPSA) is 234 Å². The molecule has 1 aromatic rings. The highest BCUT2D eigenvalue weighted by Crippen LogP contribution is 2.40. The molecule has 14 atom stereocenters. The van der Waals surface area contributed by atoms with Crippen LogP contribution >= 0.6 is 0 Å². The molecule has 5 rings (SSSR count). The highest BCUT2D eigenvalue weighted by molar-refractivity contribution is 6.22. The molecule has 15 heteroatoms. The van der Waals surface area contributed by atoms with Gasteiger partial charge in [0, 0.05) is 13.5 Å². The van der Waals surface area contributed by atoms with Gasteiger partial charge in [-0.05, 0) is 17.7 Å². The number of phenols is 1. The van der Waals surface area contributed by atoms with Crippen molar-refractivity contribution in [2.24, 2.45) is 5.92 Å². The highest BCUT2D eigenvalue weighted by atomic mass is 16.7. The zero-order valence-electron chi connectivity index (χ0n) is 22.5. The third kappa shape index (κ3) is 5.93. The number of benzene rings is 1. The van der Waals surface area contributed by atoms with Crippen molar-refractivity contribution in [1.29, 1.82) is 0 Å². The smallest absolute Gasteiger partial charge is 0.187 e. The Morgan fingerprint density at radius 3 is 2.26 bits per heavy atom. The molecule has 3 heterocycles. The van der Waals surface area contributed by atoms with Crippen LogP contribution in [0, 0.1) is 5.92 Å². The molecule has 3 fully saturated rings. The van der Waals surface area contributed by atoms with Gasteiger partial charge in [-0.25, -0.2) is 0 Å². The number of methoxy groups -OCH3 is 1. The lowest BCUT2D eigenvalue weighted by molar-refractivity contribution is -0.337. The second-order valence-electron chi connectivity index (χ2n) is 10.8. The summed E-state index contributed by atoms with van der Waals surface area (Å²) in [6.45, 7) is -0.783. The van der Waals surface area contributed by atoms with Crippen LogP contribution in [0.5, 0.6) is 5.75 Å². The number of hydrogen-bond acceptors (Lipinski definition) is 15. The number of carbonyl (C=O) groups excluding carboxylic acids is 1. The molecule has 15 nitrogen and oxygen atoms in total. The van der Waals surface area contributed by atoms with E-state index in [1.165, 1.54) is 25.5 Å². The number of aliphatic hydroxyl groups excluding tert-OH is 7. The lowest BCUT2D eigenvalue weighted by atomic mass is 9.74. The van der Waals surface area contributed by atoms with Crippen molar-refractivity contribution in [3.05, 3.63) is 36.1 Å². The second kappa shape index (κ2) is 12.8. The van der Waals surface area contributed by atoms with Crippen LogP contribution in [0.2, 0.25) is 0 Å². The summed E-state index contributed by atoms with van der Waals surface area (Å²) < 4.78 is 33.5. The number of hydrogen-bond donors (Lipinski definition) is 8. The van der Waals surface area contributed by atoms with E-state index in [2.05, 4.69) is 0 Å². The summed E-state index contributed by atoms with van der Waals surface area (Å²) in [6.07, 6.45) is -16.7. The SMILES string of the molecule is COC1C(O[C@@H]2O[C@H](CO[C@@H]3OC[C@@H](O)[C@H](O)[C@H]3O)[C@@H](O)[C@H](O)[C@H]2O)CC2OC=C(c3ccc(O)cc3)C(=O)C2C1O. The summed E-state index contributed by atoms with van der Waals surface area (Å²) >= 11 is 0. The van der Waals surface area contributed by atoms with Gasteiger partial charge in [0.15, 0.2) is 18.4 Å². The number of allylic oxidation sites excluding steroid dienone is 1. The Morgan fingerprint density at radius 2 is 1.57 bits per heavy atom. The number of fused-ring (bicyclic) bond motifs is 1. The minimum atomic E-state index is -1.74. The summed E-state index contributed by atoms with van der Waals surface area (Å²) in [6, 6.07) is 5.94. The van der Waals surface area contributed by atoms with Crippen LogP contribution in [-0.2, 0) is 33.2 Å². The summed E-state index contributed by atoms with van der Waals surface area (Å²) in [4.78, 5) is 13.4. The van der Waals surface area contributed by atoms with E-state index in [1.54, 1.807) is 12.1 Å². The van der Waals surface area contributed by atoms with E-state index in [1.807, 2.05) is 0 Å². The van der Waals surface area contributed by atoms with Crippen LogP contribution in [0.1, 0.15) is 12.0 Å². The lowest BCUT2D eigenvalue weighted by Gasteiger charge is -2.47. The molecular weight excluding hydrogens is 564 g/mol. The maximum absolute atomic E-state index is 13.4. The average Bonchev–Trinajstić information content (AvgIpc) is 2.97. The van der Waals surface area contributed by atoms with E-state index >= 15 is 0 Å². The Balaban J connectivity index is 1.27. The monoisotopic (exact) mass is 600 g/mol. The van der Waals surface area contributed by atoms with E-state index in [0.29, 0.717) is 5.56 Å². The van der Waals surface area contributed by atoms with Crippen LogP contribution in [0.15, 0.2) is 30.5 Å². The number of phenolic OH excluding ortho intramolecular Hbond substituents is 1. The zero-order valence-corrected chi connectivity index (χ0v) is 22.5. The molecule has 5 unspecified atom stereocenters. The standard InChI is InChI=1S/C27H36O15/c1-37-25-15(6-14-17(21(25)33)18(30)12(7-38-14)10-2-4-11(28)5-3-10)41-27-24(36)22(34)20(32)16(42-27)9-40-26-23(35)19(31)13(29)8-39-26/h2-5,7,13-17,19-29,31-36H,6,8-9H2,1H3/t13-,14?,15?,16-,17?,19+,20-,21?,22+,23-,24-,25?,26+,27-/m1/s1. The molecule has 1 saturated carbocycles. The van der Waals surface area contributed by atoms with Crippen molar-refractivity contribution in [3.63, 3.8) is 0 Å². The summed E-state index contributed by atoms with van der Waals surface area (Å²) in [7, 11) is 1.31. The molecule has 0 spiro atoms. The van der Waals surface area contributed by atoms with Gasteiger partial charge in [0.25, 0.3) is 0 Å². The molecule has 0 aromatic heterocycles. The quantitative estimate of drug-likeness (QED) is 0.153. The maximum Gasteiger partial charge on any atom is 0.187 e. The Morgan fingerprint density at radius 1 is 0.881 bits per heavy atom. The van der Waals surface area contributed by atoms with Gasteiger partial charge in [0.1, 0.15) is 60.7 Å². The van der Waals surface area contributed by atoms with E-state index in [-0.39, 0.29) is 30.1 Å². The molecular formula is C27H36O15. The Bertz CT molecular complexity index is 1110. The minimum absolute atomic E-state index is 0.0237. The number of rotatable bonds is 7. The van der Waals surface area contributed by atoms with E-state index < -0.39 is 92.2 Å². The van der Waals surface area contributed by atoms with Crippen LogP contribution in [0.4, 0.5) is 0 Å². The number of Topliss-reactive ketones (excluding diaryl/α,β-unsaturated/α-hetero) is 1. The number of aliphatic hydroxyl groups is 7. The second-order valence-corrected chi connectivity index (χ2v) is 10.8. The normalized spacial score (nSPS) is 44.2. The lowest BCUT2D eigenvalue weighted by Crippen LogP contribution is -2.63. The third-order valence-electron chi connectivity index (χ3n) is 8.17. The first-order valence-electron chi connectivity index (χ1n) is 13.5. The fourth-order valence-corrected chi connectivity index (χ4v) is 5.74. The molecule has 234 valence electrons. The fraction of sp³-hybridized carbons (Fsp3) is 0.667. The van der Waals surface area contributed by atoms with E-state index in [9.17, 15) is 45.6 Å². The molecule has 2 saturated heterocycles. The Kier molecular flexibility index (Phi) is 9.48. The molecule has 0 bridgehead atoms. The molecule has 4 aliphatic rings. The van der Waals surface area contributed by atoms with Gasteiger partial charge in [-0.3, -0.25) is 4.79 Å². The number of ether oxygens (including phenoxy) is 6. The first kappa shape index (κ1) is 31.2. The average molecular weight is 601 g/mol. The van der Waals surface area contributed by atoms with Crippen molar-refractivity contribution in [2.45, 2.75) is 86.1 Å². The van der Waals surface area contributed by atoms with Gasteiger partial charge in [0.2, 0.25) is 0 Å². The predicted molar refractivity (Wildman–Crippen MR) is 136 cm³/mol. The van der Waals surface area contributed by atoms with Crippen LogP contribution in [-0.4, -0.2) is 147 Å². The van der Waals surface area contributed by atoms with Gasteiger partial charge in [-0.1, -0.05) is 12.1 Å². The van der Waals surface area contributed by atoms with Crippen molar-refractivity contribution in [1.82, 2.24) is 0 Å². The molecule has 42 heavy (non-hydrogen) atoms. The van der Waals surface area contributed by atoms with E-state index in [4.69, 9.17) is 28.4 Å². The van der Waals surface area contributed by atoms with Crippen LogP contribution in [0.25, 0.3) is 5.57 Å². The molecule has 0 radical (unpaired) electrons. The minimum Gasteiger partial charge on any atom is -0.508 e. The Labute approximate surface area is 240 Å². The first-order valence-corrected chi connectivity index (χ1v) is 13.5. The largest absolute Gasteiger partial charge is 0.508 e. The number of carbonyl (C=O) groups is 1. The van der Waals surface area contributed by atoms with Crippen molar-refractivity contribution < 1.29 is 74.1 Å².